The molecule has 0 bridgehead atoms. The summed E-state index contributed by atoms with van der Waals surface area (Å²) in [6, 6.07) is 7.21. The van der Waals surface area contributed by atoms with Gasteiger partial charge in [0.1, 0.15) is 13.6 Å². The van der Waals surface area contributed by atoms with Gasteiger partial charge in [0.05, 0.1) is 19.6 Å². The summed E-state index contributed by atoms with van der Waals surface area (Å²) in [4.78, 5) is 11.2. The second-order valence-electron chi connectivity index (χ2n) is 3.69. The molecule has 1 unspecified atom stereocenters. The largest absolute Gasteiger partial charge is 0.494 e. The summed E-state index contributed by atoms with van der Waals surface area (Å²) in [6.07, 6.45) is 0.545. The predicted molar refractivity (Wildman–Crippen MR) is 72.4 cm³/mol. The lowest BCUT2D eigenvalue weighted by Crippen LogP contribution is -2.07. The Bertz CT molecular complexity index is 417. The molecule has 0 fully saturated rings. The van der Waals surface area contributed by atoms with Gasteiger partial charge in [-0.3, -0.25) is 4.79 Å². The van der Waals surface area contributed by atoms with Crippen molar-refractivity contribution in [3.05, 3.63) is 24.3 Å². The zero-order valence-electron chi connectivity index (χ0n) is 10.8. The smallest absolute Gasteiger partial charge is 0.306 e. The van der Waals surface area contributed by atoms with Crippen LogP contribution < -0.4 is 10.0 Å². The van der Waals surface area contributed by atoms with Gasteiger partial charge >= 0.3 is 5.97 Å². The lowest BCUT2D eigenvalue weighted by molar-refractivity contribution is -0.142. The van der Waals surface area contributed by atoms with E-state index < -0.39 is 7.80 Å². The van der Waals surface area contributed by atoms with Gasteiger partial charge in [-0.05, 0) is 26.0 Å². The molecule has 0 saturated carbocycles. The number of carbonyl (C=O) groups excluding carboxylic acids is 1. The second kappa shape index (κ2) is 7.93. The summed E-state index contributed by atoms with van der Waals surface area (Å²) < 4.78 is 22.2. The molecule has 0 aliphatic carbocycles. The van der Waals surface area contributed by atoms with E-state index >= 15 is 0 Å². The minimum absolute atomic E-state index is 0.199. The fourth-order valence-electron chi connectivity index (χ4n) is 1.52. The lowest BCUT2D eigenvalue weighted by Gasteiger charge is -2.06. The molecule has 0 aliphatic heterocycles. The van der Waals surface area contributed by atoms with Crippen LogP contribution in [0, 0.1) is 0 Å². The third kappa shape index (κ3) is 4.92. The molecule has 1 aromatic rings. The number of benzene rings is 1. The summed E-state index contributed by atoms with van der Waals surface area (Å²) >= 11 is 0. The first kappa shape index (κ1) is 14.8. The number of ether oxygens (including phenoxy) is 2. The Morgan fingerprint density at radius 3 is 2.72 bits per heavy atom. The van der Waals surface area contributed by atoms with Gasteiger partial charge in [0.25, 0.3) is 0 Å². The van der Waals surface area contributed by atoms with Gasteiger partial charge in [0.15, 0.2) is 0 Å². The van der Waals surface area contributed by atoms with Crippen molar-refractivity contribution in [1.29, 1.82) is 0 Å². The molecule has 100 valence electrons. The number of rotatable bonds is 7. The average Bonchev–Trinajstić information content (AvgIpc) is 2.37. The molecule has 0 radical (unpaired) electrons. The first-order valence-corrected chi connectivity index (χ1v) is 7.70. The third-order valence-electron chi connectivity index (χ3n) is 2.33. The number of esters is 1. The van der Waals surface area contributed by atoms with Crippen LogP contribution in [0.3, 0.4) is 0 Å². The van der Waals surface area contributed by atoms with Gasteiger partial charge in [0, 0.05) is 11.5 Å². The summed E-state index contributed by atoms with van der Waals surface area (Å²) in [5.74, 6) is 0.418. The molecule has 1 atom stereocenters. The van der Waals surface area contributed by atoms with Gasteiger partial charge < -0.3 is 14.0 Å². The van der Waals surface area contributed by atoms with Crippen LogP contribution >= 0.6 is 7.80 Å². The Labute approximate surface area is 108 Å². The van der Waals surface area contributed by atoms with Gasteiger partial charge in [-0.25, -0.2) is 0 Å². The molecule has 0 saturated heterocycles. The molecule has 0 N–H and O–H groups in total. The van der Waals surface area contributed by atoms with Crippen molar-refractivity contribution in [3.8, 4) is 5.75 Å². The van der Waals surface area contributed by atoms with Crippen LogP contribution in [0.5, 0.6) is 5.75 Å². The van der Waals surface area contributed by atoms with Crippen LogP contribution in [-0.2, 0) is 14.1 Å². The third-order valence-corrected chi connectivity index (χ3v) is 3.99. The predicted octanol–water partition coefficient (Wildman–Crippen LogP) is 2.22. The normalized spacial score (nSPS) is 11.9. The maximum atomic E-state index is 12.0. The van der Waals surface area contributed by atoms with Gasteiger partial charge in [-0.15, -0.1) is 0 Å². The first-order chi connectivity index (χ1) is 8.67. The molecule has 0 aromatic heterocycles. The summed E-state index contributed by atoms with van der Waals surface area (Å²) in [5, 5.41) is 0.746. The molecule has 4 nitrogen and oxygen atoms in total. The SMILES string of the molecule is CCOC(=O)CC[PH](=O)c1cccc(OCC)c1. The van der Waals surface area contributed by atoms with Crippen molar-refractivity contribution in [2.75, 3.05) is 19.4 Å². The Morgan fingerprint density at radius 1 is 1.28 bits per heavy atom. The first-order valence-electron chi connectivity index (χ1n) is 6.09. The van der Waals surface area contributed by atoms with E-state index in [1.807, 2.05) is 19.1 Å². The highest BCUT2D eigenvalue weighted by molar-refractivity contribution is 7.53. The lowest BCUT2D eigenvalue weighted by atomic mass is 10.3. The van der Waals surface area contributed by atoms with Gasteiger partial charge in [0.2, 0.25) is 0 Å². The number of carbonyl (C=O) groups is 1. The quantitative estimate of drug-likeness (QED) is 0.563. The van der Waals surface area contributed by atoms with Crippen molar-refractivity contribution < 1.29 is 18.8 Å². The molecule has 18 heavy (non-hydrogen) atoms. The minimum Gasteiger partial charge on any atom is -0.494 e. The molecule has 0 spiro atoms. The minimum atomic E-state index is -1.95. The van der Waals surface area contributed by atoms with Gasteiger partial charge in [-0.1, -0.05) is 12.1 Å². The number of hydrogen-bond acceptors (Lipinski definition) is 4. The van der Waals surface area contributed by atoms with E-state index in [0.717, 1.165) is 5.30 Å². The Kier molecular flexibility index (Phi) is 6.51. The van der Waals surface area contributed by atoms with E-state index in [4.69, 9.17) is 9.47 Å². The van der Waals surface area contributed by atoms with Crippen molar-refractivity contribution in [3.63, 3.8) is 0 Å². The molecule has 1 aromatic carbocycles. The van der Waals surface area contributed by atoms with Crippen LogP contribution in [0.4, 0.5) is 0 Å². The van der Waals surface area contributed by atoms with E-state index in [-0.39, 0.29) is 12.4 Å². The Morgan fingerprint density at radius 2 is 2.06 bits per heavy atom. The summed E-state index contributed by atoms with van der Waals surface area (Å²) in [7, 11) is -1.95. The van der Waals surface area contributed by atoms with E-state index in [2.05, 4.69) is 0 Å². The highest BCUT2D eigenvalue weighted by Crippen LogP contribution is 2.23. The fraction of sp³-hybridized carbons (Fsp3) is 0.462. The fourth-order valence-corrected chi connectivity index (χ4v) is 2.82. The monoisotopic (exact) mass is 270 g/mol. The maximum absolute atomic E-state index is 12.0. The summed E-state index contributed by atoms with van der Waals surface area (Å²) in [6.45, 7) is 4.59. The van der Waals surface area contributed by atoms with Crippen molar-refractivity contribution in [2.45, 2.75) is 20.3 Å². The van der Waals surface area contributed by atoms with Crippen molar-refractivity contribution in [1.82, 2.24) is 0 Å². The topological polar surface area (TPSA) is 52.6 Å². The molecule has 5 heteroatoms. The zero-order chi connectivity index (χ0) is 13.4. The average molecular weight is 270 g/mol. The van der Waals surface area contributed by atoms with E-state index in [1.165, 1.54) is 0 Å². The van der Waals surface area contributed by atoms with E-state index in [0.29, 0.717) is 25.1 Å². The van der Waals surface area contributed by atoms with E-state index in [9.17, 15) is 9.36 Å². The van der Waals surface area contributed by atoms with Crippen LogP contribution in [0.2, 0.25) is 0 Å². The molecule has 0 heterocycles. The molecule has 0 amide bonds. The van der Waals surface area contributed by atoms with Crippen LogP contribution in [0.15, 0.2) is 24.3 Å². The number of hydrogen-bond donors (Lipinski definition) is 0. The molecular formula is C13H19O4P. The summed E-state index contributed by atoms with van der Waals surface area (Å²) in [5.41, 5.74) is 0. The van der Waals surface area contributed by atoms with Gasteiger partial charge in [-0.2, -0.15) is 0 Å². The van der Waals surface area contributed by atoms with Crippen LogP contribution in [0.25, 0.3) is 0 Å². The highest BCUT2D eigenvalue weighted by atomic mass is 31.1. The van der Waals surface area contributed by atoms with Crippen molar-refractivity contribution >= 4 is 19.1 Å². The zero-order valence-corrected chi connectivity index (χ0v) is 11.8. The Balaban J connectivity index is 2.55. The molecule has 1 rings (SSSR count). The van der Waals surface area contributed by atoms with Crippen molar-refractivity contribution in [2.24, 2.45) is 0 Å². The van der Waals surface area contributed by atoms with E-state index in [1.54, 1.807) is 19.1 Å². The highest BCUT2D eigenvalue weighted by Gasteiger charge is 2.09. The van der Waals surface area contributed by atoms with Crippen LogP contribution in [0.1, 0.15) is 20.3 Å². The maximum Gasteiger partial charge on any atom is 0.306 e. The molecular weight excluding hydrogens is 251 g/mol. The second-order valence-corrected chi connectivity index (χ2v) is 5.61. The standard InChI is InChI=1S/C13H19O4P/c1-3-16-11-6-5-7-12(10-11)18(15)9-8-13(14)17-4-2/h5-7,10,18H,3-4,8-9H2,1-2H3. The molecule has 0 aliphatic rings. The van der Waals surface area contributed by atoms with Crippen LogP contribution in [-0.4, -0.2) is 25.3 Å². The Hall–Kier alpha value is -1.28.